The molecule has 0 amide bonds. The lowest BCUT2D eigenvalue weighted by molar-refractivity contribution is 0.180. The molecule has 192 valence electrons. The van der Waals surface area contributed by atoms with Crippen molar-refractivity contribution in [3.8, 4) is 0 Å². The molecule has 4 aromatic rings. The molecule has 0 bridgehead atoms. The van der Waals surface area contributed by atoms with Crippen molar-refractivity contribution in [2.24, 2.45) is 0 Å². The highest BCUT2D eigenvalue weighted by Crippen LogP contribution is 2.09. The van der Waals surface area contributed by atoms with E-state index < -0.39 is 0 Å². The van der Waals surface area contributed by atoms with E-state index in [-0.39, 0.29) is 6.61 Å². The lowest BCUT2D eigenvalue weighted by atomic mass is 10.2. The van der Waals surface area contributed by atoms with Gasteiger partial charge in [-0.2, -0.15) is 10.2 Å². The number of benzene rings is 2. The van der Waals surface area contributed by atoms with Crippen molar-refractivity contribution < 1.29 is 14.6 Å². The van der Waals surface area contributed by atoms with E-state index in [4.69, 9.17) is 14.6 Å². The van der Waals surface area contributed by atoms with Gasteiger partial charge in [-0.25, -0.2) is 0 Å². The van der Waals surface area contributed by atoms with Gasteiger partial charge in [-0.15, -0.1) is 0 Å². The quantitative estimate of drug-likeness (QED) is 0.398. The first kappa shape index (κ1) is 27.3. The van der Waals surface area contributed by atoms with Crippen molar-refractivity contribution in [2.45, 2.75) is 53.0 Å². The second-order valence-corrected chi connectivity index (χ2v) is 8.79. The zero-order valence-corrected chi connectivity index (χ0v) is 21.6. The van der Waals surface area contributed by atoms with E-state index in [1.54, 1.807) is 7.11 Å². The van der Waals surface area contributed by atoms with Gasteiger partial charge in [0, 0.05) is 32.7 Å². The lowest BCUT2D eigenvalue weighted by Crippen LogP contribution is -2.01. The Morgan fingerprint density at radius 1 is 0.778 bits per heavy atom. The Bertz CT molecular complexity index is 1130. The van der Waals surface area contributed by atoms with Gasteiger partial charge >= 0.3 is 0 Å². The fraction of sp³-hybridized carbons (Fsp3) is 0.379. The summed E-state index contributed by atoms with van der Waals surface area (Å²) < 4.78 is 13.9. The highest BCUT2D eigenvalue weighted by Gasteiger charge is 2.05. The Balaban J connectivity index is 0.000000168. The number of aryl methyl sites for hydroxylation is 2. The van der Waals surface area contributed by atoms with Crippen LogP contribution in [0.4, 0.5) is 0 Å². The van der Waals surface area contributed by atoms with Crippen molar-refractivity contribution in [1.82, 2.24) is 19.6 Å². The third kappa shape index (κ3) is 9.07. The predicted molar refractivity (Wildman–Crippen MR) is 142 cm³/mol. The molecule has 1 N–H and O–H groups in total. The molecule has 5 rings (SSSR count). The number of nitrogens with zero attached hydrogens (tertiary/aromatic N) is 4. The Kier molecular flexibility index (Phi) is 11.4. The molecule has 0 aliphatic carbocycles. The predicted octanol–water partition coefficient (Wildman–Crippen LogP) is 4.92. The normalized spacial score (nSPS) is 12.4. The maximum atomic E-state index is 9.02. The Labute approximate surface area is 214 Å². The van der Waals surface area contributed by atoms with Gasteiger partial charge in [0.2, 0.25) is 0 Å². The summed E-state index contributed by atoms with van der Waals surface area (Å²) in [7, 11) is 1.69. The summed E-state index contributed by atoms with van der Waals surface area (Å²) in [4.78, 5) is 0. The van der Waals surface area contributed by atoms with E-state index in [9.17, 15) is 0 Å². The van der Waals surface area contributed by atoms with Gasteiger partial charge in [0.25, 0.3) is 0 Å². The number of rotatable bonds is 7. The zero-order chi connectivity index (χ0) is 25.6. The smallest absolute Gasteiger partial charge is 0.0910 e. The van der Waals surface area contributed by atoms with Gasteiger partial charge in [0.15, 0.2) is 0 Å². The standard InChI is InChI=1S/C13H16N2O.C12H14N2O.C4H8O/c1-11-8-15(14-13(11)10-16-2)9-12-6-4-3-5-7-12;1-10-7-14(13-12(10)9-15)8-11-5-3-2-4-6-11;1-2-4-5-3-1/h3-8H,9-10H2,1-2H3;2-7,15H,8-9H2,1H3;1-4H2. The van der Waals surface area contributed by atoms with E-state index in [1.165, 1.54) is 29.5 Å². The number of aliphatic hydroxyl groups excluding tert-OH is 1. The average Bonchev–Trinajstić information content (AvgIpc) is 3.65. The lowest BCUT2D eigenvalue weighted by Gasteiger charge is -2.00. The van der Waals surface area contributed by atoms with Crippen molar-refractivity contribution in [3.63, 3.8) is 0 Å². The van der Waals surface area contributed by atoms with Gasteiger partial charge in [0.1, 0.15) is 0 Å². The molecule has 0 saturated carbocycles. The number of aromatic nitrogens is 4. The summed E-state index contributed by atoms with van der Waals surface area (Å²) in [6, 6.07) is 20.5. The van der Waals surface area contributed by atoms with Gasteiger partial charge in [-0.1, -0.05) is 60.7 Å². The Hall–Kier alpha value is -3.26. The number of aliphatic hydroxyl groups is 1. The number of hydrogen-bond acceptors (Lipinski definition) is 5. The van der Waals surface area contributed by atoms with Crippen LogP contribution < -0.4 is 0 Å². The number of hydrogen-bond donors (Lipinski definition) is 1. The van der Waals surface area contributed by atoms with Gasteiger partial charge in [0.05, 0.1) is 37.7 Å². The molecule has 0 radical (unpaired) electrons. The topological polar surface area (TPSA) is 74.3 Å². The maximum Gasteiger partial charge on any atom is 0.0910 e. The first-order valence-corrected chi connectivity index (χ1v) is 12.4. The molecule has 0 spiro atoms. The van der Waals surface area contributed by atoms with Crippen LogP contribution in [-0.4, -0.2) is 45.0 Å². The summed E-state index contributed by atoms with van der Waals surface area (Å²) in [5, 5.41) is 17.8. The second-order valence-electron chi connectivity index (χ2n) is 8.79. The van der Waals surface area contributed by atoms with Crippen LogP contribution in [-0.2, 0) is 35.8 Å². The van der Waals surface area contributed by atoms with Crippen LogP contribution in [0.5, 0.6) is 0 Å². The highest BCUT2D eigenvalue weighted by atomic mass is 16.5. The van der Waals surface area contributed by atoms with Crippen LogP contribution in [0, 0.1) is 13.8 Å². The van der Waals surface area contributed by atoms with Crippen molar-refractivity contribution in [2.75, 3.05) is 20.3 Å². The molecule has 0 unspecified atom stereocenters. The molecule has 1 aliphatic heterocycles. The third-order valence-electron chi connectivity index (χ3n) is 5.73. The second kappa shape index (κ2) is 15.0. The van der Waals surface area contributed by atoms with Gasteiger partial charge in [-0.3, -0.25) is 9.36 Å². The van der Waals surface area contributed by atoms with Crippen LogP contribution in [0.1, 0.15) is 46.5 Å². The molecule has 36 heavy (non-hydrogen) atoms. The van der Waals surface area contributed by atoms with Crippen LogP contribution in [0.25, 0.3) is 0 Å². The zero-order valence-electron chi connectivity index (χ0n) is 21.6. The molecule has 1 saturated heterocycles. The summed E-state index contributed by atoms with van der Waals surface area (Å²) in [5.41, 5.74) is 6.45. The first-order valence-electron chi connectivity index (χ1n) is 12.4. The summed E-state index contributed by atoms with van der Waals surface area (Å²) in [6.45, 7) is 8.16. The molecule has 2 aromatic carbocycles. The van der Waals surface area contributed by atoms with Crippen molar-refractivity contribution >= 4 is 0 Å². The Morgan fingerprint density at radius 2 is 1.25 bits per heavy atom. The minimum absolute atomic E-state index is 0.00756. The van der Waals surface area contributed by atoms with E-state index in [2.05, 4.69) is 47.6 Å². The maximum absolute atomic E-state index is 9.02. The van der Waals surface area contributed by atoms with Crippen LogP contribution in [0.3, 0.4) is 0 Å². The van der Waals surface area contributed by atoms with E-state index in [1.807, 2.05) is 58.9 Å². The SMILES string of the molecule is C1CCOC1.COCc1nn(Cc2ccccc2)cc1C.Cc1cn(Cc2ccccc2)nc1CO. The van der Waals surface area contributed by atoms with E-state index >= 15 is 0 Å². The Morgan fingerprint density at radius 3 is 1.64 bits per heavy atom. The molecule has 7 heteroatoms. The van der Waals surface area contributed by atoms with Crippen LogP contribution in [0.2, 0.25) is 0 Å². The molecule has 1 fully saturated rings. The fourth-order valence-corrected chi connectivity index (χ4v) is 3.77. The average molecular weight is 491 g/mol. The number of ether oxygens (including phenoxy) is 2. The van der Waals surface area contributed by atoms with Crippen molar-refractivity contribution in [1.29, 1.82) is 0 Å². The monoisotopic (exact) mass is 490 g/mol. The third-order valence-corrected chi connectivity index (χ3v) is 5.73. The summed E-state index contributed by atoms with van der Waals surface area (Å²) in [5.74, 6) is 0. The minimum Gasteiger partial charge on any atom is -0.390 e. The summed E-state index contributed by atoms with van der Waals surface area (Å²) >= 11 is 0. The minimum atomic E-state index is 0.00756. The van der Waals surface area contributed by atoms with Gasteiger partial charge < -0.3 is 14.6 Å². The van der Waals surface area contributed by atoms with Gasteiger partial charge in [-0.05, 0) is 48.9 Å². The van der Waals surface area contributed by atoms with Crippen LogP contribution in [0.15, 0.2) is 73.1 Å². The fourth-order valence-electron chi connectivity index (χ4n) is 3.77. The molecular formula is C29H38N4O3. The molecule has 1 aliphatic rings. The molecule has 2 aromatic heterocycles. The van der Waals surface area contributed by atoms with E-state index in [0.29, 0.717) is 6.61 Å². The van der Waals surface area contributed by atoms with Crippen LogP contribution >= 0.6 is 0 Å². The molecule has 3 heterocycles. The first-order chi connectivity index (χ1) is 17.6. The molecular weight excluding hydrogens is 452 g/mol. The largest absolute Gasteiger partial charge is 0.390 e. The highest BCUT2D eigenvalue weighted by molar-refractivity contribution is 5.19. The van der Waals surface area contributed by atoms with E-state index in [0.717, 1.165) is 43.3 Å². The van der Waals surface area contributed by atoms with Crippen molar-refractivity contribution in [3.05, 3.63) is 107 Å². The summed E-state index contributed by atoms with van der Waals surface area (Å²) in [6.07, 6.45) is 6.57. The molecule has 0 atom stereocenters. The number of methoxy groups -OCH3 is 1. The molecule has 7 nitrogen and oxygen atoms in total.